The SMILES string of the molecule is CCOC(=O)C1CCC(N=C(C(=CN)C(=O)N(CC(=O)c2c(Cl)cncc2Cl)Cc2ccccc2Br)C(F)(F)F)CC1. The van der Waals surface area contributed by atoms with Gasteiger partial charge in [-0.2, -0.15) is 13.2 Å². The van der Waals surface area contributed by atoms with Crippen molar-refractivity contribution in [2.45, 2.75) is 51.4 Å². The van der Waals surface area contributed by atoms with Gasteiger partial charge in [-0.05, 0) is 44.2 Å². The number of rotatable bonds is 10. The molecule has 1 aliphatic carbocycles. The number of aromatic nitrogens is 1. The summed E-state index contributed by atoms with van der Waals surface area (Å²) in [4.78, 5) is 47.7. The van der Waals surface area contributed by atoms with Crippen LogP contribution in [0.4, 0.5) is 13.2 Å². The standard InChI is InChI=1S/C28H28BrCl2F3N4O4/c1-2-42-27(41)16-7-9-18(10-8-16)37-25(28(32,33)34)19(11-35)26(40)38(14-17-5-3-4-6-20(17)29)15-23(39)24-21(30)12-36-13-22(24)31/h3-6,11-13,16,18H,2,7-10,14-15,35H2,1H3. The number of carbonyl (C=O) groups is 3. The number of hydrogen-bond acceptors (Lipinski definition) is 7. The zero-order valence-electron chi connectivity index (χ0n) is 22.5. The van der Waals surface area contributed by atoms with Gasteiger partial charge in [0.1, 0.15) is 0 Å². The lowest BCUT2D eigenvalue weighted by molar-refractivity contribution is -0.149. The van der Waals surface area contributed by atoms with Crippen LogP contribution in [0, 0.1) is 5.92 Å². The molecule has 14 heteroatoms. The van der Waals surface area contributed by atoms with E-state index in [2.05, 4.69) is 25.9 Å². The van der Waals surface area contributed by atoms with Gasteiger partial charge in [0.15, 0.2) is 11.5 Å². The van der Waals surface area contributed by atoms with Gasteiger partial charge in [-0.15, -0.1) is 0 Å². The molecule has 1 aromatic heterocycles. The largest absolute Gasteiger partial charge is 0.466 e. The maximum Gasteiger partial charge on any atom is 0.433 e. The molecular formula is C28H28BrCl2F3N4O4. The van der Waals surface area contributed by atoms with Crippen LogP contribution in [0.3, 0.4) is 0 Å². The highest BCUT2D eigenvalue weighted by Crippen LogP contribution is 2.32. The lowest BCUT2D eigenvalue weighted by Crippen LogP contribution is -2.41. The van der Waals surface area contributed by atoms with E-state index in [4.69, 9.17) is 33.7 Å². The molecule has 42 heavy (non-hydrogen) atoms. The molecule has 226 valence electrons. The number of ketones is 1. The first-order chi connectivity index (χ1) is 19.9. The van der Waals surface area contributed by atoms with Gasteiger partial charge < -0.3 is 15.4 Å². The number of nitrogens with two attached hydrogens (primary N) is 1. The summed E-state index contributed by atoms with van der Waals surface area (Å²) in [5.74, 6) is -2.70. The molecule has 0 aliphatic heterocycles. The van der Waals surface area contributed by atoms with Crippen LogP contribution < -0.4 is 5.73 Å². The number of benzene rings is 1. The van der Waals surface area contributed by atoms with Crippen LogP contribution >= 0.6 is 39.1 Å². The number of pyridine rings is 1. The Morgan fingerprint density at radius 3 is 2.31 bits per heavy atom. The van der Waals surface area contributed by atoms with Crippen molar-refractivity contribution >= 4 is 62.5 Å². The number of carbonyl (C=O) groups excluding carboxylic acids is 3. The summed E-state index contributed by atoms with van der Waals surface area (Å²) in [5, 5.41) is -0.155. The summed E-state index contributed by atoms with van der Waals surface area (Å²) in [6.45, 7) is 0.963. The molecule has 3 rings (SSSR count). The molecule has 0 bridgehead atoms. The lowest BCUT2D eigenvalue weighted by atomic mass is 9.86. The molecule has 1 heterocycles. The average molecular weight is 692 g/mol. The summed E-state index contributed by atoms with van der Waals surface area (Å²) in [6, 6.07) is 5.93. The van der Waals surface area contributed by atoms with Crippen molar-refractivity contribution in [1.82, 2.24) is 9.88 Å². The first-order valence-corrected chi connectivity index (χ1v) is 14.5. The zero-order valence-corrected chi connectivity index (χ0v) is 25.6. The molecule has 0 saturated heterocycles. The van der Waals surface area contributed by atoms with E-state index in [-0.39, 0.29) is 41.6 Å². The molecule has 2 aromatic rings. The van der Waals surface area contributed by atoms with Gasteiger partial charge in [-0.25, -0.2) is 0 Å². The minimum absolute atomic E-state index is 0.0775. The first kappa shape index (κ1) is 33.5. The maximum atomic E-state index is 14.4. The second kappa shape index (κ2) is 15.0. The highest BCUT2D eigenvalue weighted by molar-refractivity contribution is 9.10. The number of hydrogen-bond donors (Lipinski definition) is 1. The number of halogens is 6. The van der Waals surface area contributed by atoms with Crippen LogP contribution in [0.25, 0.3) is 0 Å². The Balaban J connectivity index is 1.95. The number of nitrogens with zero attached hydrogens (tertiary/aromatic N) is 3. The lowest BCUT2D eigenvalue weighted by Gasteiger charge is -2.28. The molecule has 8 nitrogen and oxygen atoms in total. The molecule has 1 amide bonds. The Kier molecular flexibility index (Phi) is 12.0. The predicted molar refractivity (Wildman–Crippen MR) is 156 cm³/mol. The Bertz CT molecular complexity index is 1360. The monoisotopic (exact) mass is 690 g/mol. The number of alkyl halides is 3. The Morgan fingerprint density at radius 2 is 1.76 bits per heavy atom. The molecule has 1 aromatic carbocycles. The molecule has 2 N–H and O–H groups in total. The molecular weight excluding hydrogens is 664 g/mol. The fourth-order valence-electron chi connectivity index (χ4n) is 4.56. The summed E-state index contributed by atoms with van der Waals surface area (Å²) in [5.41, 5.74) is 3.65. The third-order valence-corrected chi connectivity index (χ3v) is 7.97. The molecule has 0 unspecified atom stereocenters. The van der Waals surface area contributed by atoms with E-state index in [1.54, 1.807) is 31.2 Å². The van der Waals surface area contributed by atoms with Crippen LogP contribution in [-0.2, 0) is 20.9 Å². The average Bonchev–Trinajstić information content (AvgIpc) is 2.93. The van der Waals surface area contributed by atoms with Gasteiger partial charge in [0.2, 0.25) is 0 Å². The third kappa shape index (κ3) is 8.54. The van der Waals surface area contributed by atoms with Crippen molar-refractivity contribution in [2.24, 2.45) is 16.6 Å². The summed E-state index contributed by atoms with van der Waals surface area (Å²) >= 11 is 15.6. The van der Waals surface area contributed by atoms with E-state index in [9.17, 15) is 27.6 Å². The number of aliphatic imine (C=N–C) groups is 1. The van der Waals surface area contributed by atoms with Gasteiger partial charge in [-0.1, -0.05) is 57.3 Å². The fourth-order valence-corrected chi connectivity index (χ4v) is 5.55. The Labute approximate surface area is 259 Å². The fraction of sp³-hybridized carbons (Fsp3) is 0.393. The van der Waals surface area contributed by atoms with E-state index >= 15 is 0 Å². The van der Waals surface area contributed by atoms with Crippen molar-refractivity contribution in [3.8, 4) is 0 Å². The second-order valence-electron chi connectivity index (χ2n) is 9.47. The van der Waals surface area contributed by atoms with Gasteiger partial charge in [0, 0.05) is 29.6 Å². The molecule has 1 saturated carbocycles. The Morgan fingerprint density at radius 1 is 1.14 bits per heavy atom. The minimum atomic E-state index is -5.04. The van der Waals surface area contributed by atoms with Crippen LogP contribution in [0.15, 0.2) is 57.9 Å². The van der Waals surface area contributed by atoms with Gasteiger partial charge in [0.25, 0.3) is 5.91 Å². The van der Waals surface area contributed by atoms with Crippen LogP contribution in [0.2, 0.25) is 10.0 Å². The third-order valence-electron chi connectivity index (χ3n) is 6.62. The molecule has 0 spiro atoms. The summed E-state index contributed by atoms with van der Waals surface area (Å²) in [6.07, 6.45) is -1.15. The predicted octanol–water partition coefficient (Wildman–Crippen LogP) is 6.33. The van der Waals surface area contributed by atoms with Crippen molar-refractivity contribution in [2.75, 3.05) is 13.2 Å². The second-order valence-corrected chi connectivity index (χ2v) is 11.1. The highest BCUT2D eigenvalue weighted by Gasteiger charge is 2.43. The summed E-state index contributed by atoms with van der Waals surface area (Å²) in [7, 11) is 0. The van der Waals surface area contributed by atoms with E-state index in [0.717, 1.165) is 4.90 Å². The molecule has 0 radical (unpaired) electrons. The van der Waals surface area contributed by atoms with Crippen molar-refractivity contribution < 1.29 is 32.3 Å². The van der Waals surface area contributed by atoms with Gasteiger partial charge >= 0.3 is 12.1 Å². The van der Waals surface area contributed by atoms with E-state index in [1.807, 2.05) is 0 Å². The number of Topliss-reactive ketones (excluding diaryl/α,β-unsaturated/α-hetero) is 1. The van der Waals surface area contributed by atoms with E-state index in [1.165, 1.54) is 12.4 Å². The topological polar surface area (TPSA) is 115 Å². The van der Waals surface area contributed by atoms with Crippen molar-refractivity contribution in [3.63, 3.8) is 0 Å². The summed E-state index contributed by atoms with van der Waals surface area (Å²) < 4.78 is 48.7. The van der Waals surface area contributed by atoms with Gasteiger partial charge in [0.05, 0.1) is 46.3 Å². The maximum absolute atomic E-state index is 14.4. The van der Waals surface area contributed by atoms with E-state index < -0.39 is 53.6 Å². The van der Waals surface area contributed by atoms with Gasteiger partial charge in [-0.3, -0.25) is 24.4 Å². The van der Waals surface area contributed by atoms with Crippen LogP contribution in [-0.4, -0.2) is 58.6 Å². The minimum Gasteiger partial charge on any atom is -0.466 e. The van der Waals surface area contributed by atoms with Crippen LogP contribution in [0.1, 0.15) is 48.5 Å². The van der Waals surface area contributed by atoms with E-state index in [0.29, 0.717) is 29.1 Å². The molecule has 1 fully saturated rings. The molecule has 1 aliphatic rings. The first-order valence-electron chi connectivity index (χ1n) is 13.0. The quantitative estimate of drug-likeness (QED) is 0.135. The normalized spacial score (nSPS) is 18.0. The Hall–Kier alpha value is -2.96. The van der Waals surface area contributed by atoms with Crippen molar-refractivity contribution in [3.05, 3.63) is 74.1 Å². The van der Waals surface area contributed by atoms with Crippen LogP contribution in [0.5, 0.6) is 0 Å². The number of amides is 1. The number of ether oxygens (including phenoxy) is 1. The van der Waals surface area contributed by atoms with Crippen molar-refractivity contribution in [1.29, 1.82) is 0 Å². The molecule has 0 atom stereocenters. The highest BCUT2D eigenvalue weighted by atomic mass is 79.9. The number of esters is 1. The smallest absolute Gasteiger partial charge is 0.433 e. The zero-order chi connectivity index (χ0) is 31.0.